The summed E-state index contributed by atoms with van der Waals surface area (Å²) in [4.78, 5) is 19.3. The maximum absolute atomic E-state index is 14.2. The minimum Gasteiger partial charge on any atom is -0.471 e. The second kappa shape index (κ2) is 9.40. The quantitative estimate of drug-likeness (QED) is 0.556. The van der Waals surface area contributed by atoms with E-state index in [2.05, 4.69) is 10.3 Å². The Labute approximate surface area is 195 Å². The van der Waals surface area contributed by atoms with E-state index in [0.717, 1.165) is 25.0 Å². The van der Waals surface area contributed by atoms with Crippen LogP contribution in [0, 0.1) is 17.6 Å². The molecule has 2 aromatic rings. The van der Waals surface area contributed by atoms with Crippen molar-refractivity contribution >= 4 is 11.6 Å². The molecule has 2 heterocycles. The molecule has 1 aromatic heterocycles. The Morgan fingerprint density at radius 2 is 1.97 bits per heavy atom. The molecule has 1 saturated heterocycles. The summed E-state index contributed by atoms with van der Waals surface area (Å²) in [6, 6.07) is 2.76. The van der Waals surface area contributed by atoms with Gasteiger partial charge < -0.3 is 20.7 Å². The van der Waals surface area contributed by atoms with Crippen molar-refractivity contribution in [3.05, 3.63) is 41.6 Å². The van der Waals surface area contributed by atoms with Crippen LogP contribution in [0.5, 0.6) is 5.88 Å². The van der Waals surface area contributed by atoms with E-state index in [1.54, 1.807) is 0 Å². The molecule has 2 fully saturated rings. The van der Waals surface area contributed by atoms with Gasteiger partial charge in [0, 0.05) is 36.9 Å². The molecule has 1 aliphatic carbocycles. The number of nitrogens with one attached hydrogen (secondary N) is 1. The Morgan fingerprint density at radius 3 is 2.53 bits per heavy atom. The number of alkyl halides is 2. The van der Waals surface area contributed by atoms with Gasteiger partial charge in [-0.3, -0.25) is 4.79 Å². The maximum atomic E-state index is 14.2. The number of benzene rings is 1. The SMILES string of the molecule is C[C@H](NC(=O)c1cnc(OCC(F)F)c(-c2cc(F)cc(F)c2)c1N1CC[C@](C)(N)C1)C1CC1. The normalized spacial score (nSPS) is 21.1. The van der Waals surface area contributed by atoms with Gasteiger partial charge in [-0.15, -0.1) is 0 Å². The number of nitrogens with two attached hydrogens (primary N) is 1. The predicted molar refractivity (Wildman–Crippen MR) is 120 cm³/mol. The number of amides is 1. The molecule has 1 aliphatic heterocycles. The van der Waals surface area contributed by atoms with Gasteiger partial charge >= 0.3 is 0 Å². The first-order chi connectivity index (χ1) is 16.0. The molecule has 2 atom stereocenters. The summed E-state index contributed by atoms with van der Waals surface area (Å²) in [7, 11) is 0. The van der Waals surface area contributed by atoms with Crippen molar-refractivity contribution in [2.75, 3.05) is 24.6 Å². The number of nitrogens with zero attached hydrogens (tertiary/aromatic N) is 2. The number of anilines is 1. The van der Waals surface area contributed by atoms with Crippen molar-refractivity contribution in [2.45, 2.75) is 51.1 Å². The lowest BCUT2D eigenvalue weighted by molar-refractivity contribution is 0.0798. The Balaban J connectivity index is 1.88. The van der Waals surface area contributed by atoms with Crippen molar-refractivity contribution in [2.24, 2.45) is 11.7 Å². The lowest BCUT2D eigenvalue weighted by Gasteiger charge is -2.28. The van der Waals surface area contributed by atoms with E-state index < -0.39 is 36.1 Å². The summed E-state index contributed by atoms with van der Waals surface area (Å²) in [6.45, 7) is 3.61. The van der Waals surface area contributed by atoms with Gasteiger partial charge in [-0.1, -0.05) is 0 Å². The average Bonchev–Trinajstić information content (AvgIpc) is 3.53. The third kappa shape index (κ3) is 5.43. The van der Waals surface area contributed by atoms with Gasteiger partial charge in [0.15, 0.2) is 6.61 Å². The van der Waals surface area contributed by atoms with Crippen molar-refractivity contribution in [3.63, 3.8) is 0 Å². The van der Waals surface area contributed by atoms with Crippen LogP contribution < -0.4 is 20.7 Å². The molecule has 6 nitrogen and oxygen atoms in total. The molecule has 2 aliphatic rings. The van der Waals surface area contributed by atoms with Crippen molar-refractivity contribution in [3.8, 4) is 17.0 Å². The second-order valence-electron chi connectivity index (χ2n) is 9.49. The fraction of sp³-hybridized carbons (Fsp3) is 0.500. The van der Waals surface area contributed by atoms with Crippen LogP contribution in [-0.2, 0) is 0 Å². The number of rotatable bonds is 8. The van der Waals surface area contributed by atoms with Crippen molar-refractivity contribution in [1.82, 2.24) is 10.3 Å². The fourth-order valence-corrected chi connectivity index (χ4v) is 4.36. The minimum atomic E-state index is -2.79. The number of carbonyl (C=O) groups excluding carboxylic acids is 1. The summed E-state index contributed by atoms with van der Waals surface area (Å²) < 4.78 is 59.5. The molecule has 4 rings (SSSR count). The molecule has 3 N–H and O–H groups in total. The molecule has 0 radical (unpaired) electrons. The number of hydrogen-bond acceptors (Lipinski definition) is 5. The molecule has 184 valence electrons. The van der Waals surface area contributed by atoms with E-state index in [0.29, 0.717) is 37.2 Å². The van der Waals surface area contributed by atoms with Gasteiger partial charge in [0.1, 0.15) is 11.6 Å². The smallest absolute Gasteiger partial charge is 0.272 e. The largest absolute Gasteiger partial charge is 0.471 e. The molecule has 1 amide bonds. The van der Waals surface area contributed by atoms with Crippen molar-refractivity contribution < 1.29 is 27.1 Å². The van der Waals surface area contributed by atoms with Crippen LogP contribution in [0.1, 0.15) is 43.5 Å². The van der Waals surface area contributed by atoms with Gasteiger partial charge in [-0.25, -0.2) is 22.5 Å². The highest BCUT2D eigenvalue weighted by Crippen LogP contribution is 2.43. The Kier molecular flexibility index (Phi) is 6.71. The molecule has 1 saturated carbocycles. The van der Waals surface area contributed by atoms with Gasteiger partial charge in [0.05, 0.1) is 16.8 Å². The van der Waals surface area contributed by atoms with Gasteiger partial charge in [0.2, 0.25) is 5.88 Å². The van der Waals surface area contributed by atoms with Crippen LogP contribution in [-0.4, -0.2) is 48.6 Å². The van der Waals surface area contributed by atoms with E-state index >= 15 is 0 Å². The van der Waals surface area contributed by atoms with Crippen LogP contribution in [0.15, 0.2) is 24.4 Å². The van der Waals surface area contributed by atoms with Crippen LogP contribution in [0.3, 0.4) is 0 Å². The summed E-state index contributed by atoms with van der Waals surface area (Å²) in [6.07, 6.45) is 1.12. The number of aromatic nitrogens is 1. The van der Waals surface area contributed by atoms with E-state index in [1.165, 1.54) is 6.20 Å². The molecular formula is C24H28F4N4O2. The Hall–Kier alpha value is -2.88. The summed E-state index contributed by atoms with van der Waals surface area (Å²) >= 11 is 0. The van der Waals surface area contributed by atoms with Gasteiger partial charge in [-0.2, -0.15) is 0 Å². The monoisotopic (exact) mass is 480 g/mol. The standard InChI is InChI=1S/C24H28F4N4O2/c1-13(14-3-4-14)31-22(33)18-10-30-23(34-11-19(27)28)20(15-7-16(25)9-17(26)8-15)21(18)32-6-5-24(2,29)12-32/h7-10,13-14,19H,3-6,11-12,29H2,1-2H3,(H,31,33)/t13-,24-/m0/s1. The maximum Gasteiger partial charge on any atom is 0.272 e. The highest BCUT2D eigenvalue weighted by atomic mass is 19.3. The number of ether oxygens (including phenoxy) is 1. The number of pyridine rings is 1. The molecule has 0 spiro atoms. The van der Waals surface area contributed by atoms with E-state index in [9.17, 15) is 22.4 Å². The molecular weight excluding hydrogens is 452 g/mol. The topological polar surface area (TPSA) is 80.5 Å². The summed E-state index contributed by atoms with van der Waals surface area (Å²) in [5.41, 5.74) is 6.32. The zero-order chi connectivity index (χ0) is 24.6. The zero-order valence-electron chi connectivity index (χ0n) is 19.1. The fourth-order valence-electron chi connectivity index (χ4n) is 4.36. The lowest BCUT2D eigenvalue weighted by atomic mass is 9.99. The van der Waals surface area contributed by atoms with Crippen LogP contribution >= 0.6 is 0 Å². The molecule has 1 aromatic carbocycles. The predicted octanol–water partition coefficient (Wildman–Crippen LogP) is 4.13. The van der Waals surface area contributed by atoms with Gasteiger partial charge in [0.25, 0.3) is 12.3 Å². The first-order valence-electron chi connectivity index (χ1n) is 11.3. The van der Waals surface area contributed by atoms with Crippen LogP contribution in [0.2, 0.25) is 0 Å². The first kappa shape index (κ1) is 24.3. The van der Waals surface area contributed by atoms with Crippen LogP contribution in [0.25, 0.3) is 11.1 Å². The minimum absolute atomic E-state index is 0.0276. The third-order valence-electron chi connectivity index (χ3n) is 6.27. The molecule has 0 unspecified atom stereocenters. The number of hydrogen-bond donors (Lipinski definition) is 2. The van der Waals surface area contributed by atoms with E-state index in [4.69, 9.17) is 10.5 Å². The zero-order valence-corrected chi connectivity index (χ0v) is 19.1. The first-order valence-corrected chi connectivity index (χ1v) is 11.3. The summed E-state index contributed by atoms with van der Waals surface area (Å²) in [5.74, 6) is -1.97. The Bertz CT molecular complexity index is 1050. The average molecular weight is 481 g/mol. The number of carbonyl (C=O) groups is 1. The van der Waals surface area contributed by atoms with E-state index in [-0.39, 0.29) is 28.6 Å². The molecule has 10 heteroatoms. The molecule has 34 heavy (non-hydrogen) atoms. The molecule has 0 bridgehead atoms. The lowest BCUT2D eigenvalue weighted by Crippen LogP contribution is -2.40. The highest BCUT2D eigenvalue weighted by molar-refractivity contribution is 6.04. The van der Waals surface area contributed by atoms with E-state index in [1.807, 2.05) is 18.7 Å². The number of halogens is 4. The van der Waals surface area contributed by atoms with Gasteiger partial charge in [-0.05, 0) is 56.7 Å². The highest BCUT2D eigenvalue weighted by Gasteiger charge is 2.36. The van der Waals surface area contributed by atoms with Crippen molar-refractivity contribution in [1.29, 1.82) is 0 Å². The summed E-state index contributed by atoms with van der Waals surface area (Å²) in [5, 5.41) is 2.97. The third-order valence-corrected chi connectivity index (χ3v) is 6.27. The second-order valence-corrected chi connectivity index (χ2v) is 9.49. The van der Waals surface area contributed by atoms with Crippen LogP contribution in [0.4, 0.5) is 23.2 Å². The Morgan fingerprint density at radius 1 is 1.29 bits per heavy atom.